The van der Waals surface area contributed by atoms with Crippen LogP contribution in [-0.2, 0) is 4.79 Å². The van der Waals surface area contributed by atoms with E-state index in [0.29, 0.717) is 5.75 Å². The van der Waals surface area contributed by atoms with E-state index in [2.05, 4.69) is 10.6 Å². The molecule has 5 nitrogen and oxygen atoms in total. The first-order valence-electron chi connectivity index (χ1n) is 9.31. The maximum Gasteiger partial charge on any atom is 0.224 e. The summed E-state index contributed by atoms with van der Waals surface area (Å²) in [5.74, 6) is 1.81. The molecule has 1 saturated carbocycles. The largest absolute Gasteiger partial charge is 0.493 e. The zero-order valence-electron chi connectivity index (χ0n) is 15.7. The fraction of sp³-hybridized carbons (Fsp3) is 0.650. The molecule has 1 saturated heterocycles. The molecule has 1 amide bonds. The molecule has 1 aromatic rings. The number of rotatable bonds is 6. The van der Waals surface area contributed by atoms with Crippen LogP contribution in [0.25, 0.3) is 0 Å². The Morgan fingerprint density at radius 1 is 1.24 bits per heavy atom. The summed E-state index contributed by atoms with van der Waals surface area (Å²) in [6, 6.07) is 5.82. The van der Waals surface area contributed by atoms with Gasteiger partial charge in [-0.2, -0.15) is 0 Å². The van der Waals surface area contributed by atoms with Crippen LogP contribution in [0.2, 0.25) is 0 Å². The first kappa shape index (κ1) is 18.1. The Hall–Kier alpha value is -1.75. The lowest BCUT2D eigenvalue weighted by Gasteiger charge is -2.24. The predicted octanol–water partition coefficient (Wildman–Crippen LogP) is 3.05. The van der Waals surface area contributed by atoms with Crippen LogP contribution in [0.4, 0.5) is 0 Å². The van der Waals surface area contributed by atoms with E-state index in [1.807, 2.05) is 39.0 Å². The average Bonchev–Trinajstić information content (AvgIpc) is 3.28. The Kier molecular flexibility index (Phi) is 5.23. The monoisotopic (exact) mass is 346 g/mol. The minimum atomic E-state index is -0.0473. The van der Waals surface area contributed by atoms with E-state index < -0.39 is 0 Å². The van der Waals surface area contributed by atoms with Gasteiger partial charge in [0.2, 0.25) is 5.91 Å². The van der Waals surface area contributed by atoms with E-state index in [-0.39, 0.29) is 29.4 Å². The van der Waals surface area contributed by atoms with Crippen molar-refractivity contribution in [1.82, 2.24) is 10.6 Å². The van der Waals surface area contributed by atoms with Crippen LogP contribution < -0.4 is 20.1 Å². The second-order valence-electron chi connectivity index (χ2n) is 7.68. The van der Waals surface area contributed by atoms with E-state index in [0.717, 1.165) is 43.7 Å². The molecule has 1 spiro atoms. The van der Waals surface area contributed by atoms with Gasteiger partial charge in [0.25, 0.3) is 0 Å². The number of amides is 1. The highest BCUT2D eigenvalue weighted by molar-refractivity contribution is 5.83. The Balaban J connectivity index is 1.63. The molecule has 1 heterocycles. The molecule has 25 heavy (non-hydrogen) atoms. The summed E-state index contributed by atoms with van der Waals surface area (Å²) in [5.41, 5.74) is 1.29. The average molecular weight is 346 g/mol. The van der Waals surface area contributed by atoms with Gasteiger partial charge in [-0.1, -0.05) is 6.07 Å². The van der Waals surface area contributed by atoms with E-state index in [4.69, 9.17) is 9.47 Å². The molecule has 1 aliphatic heterocycles. The second-order valence-corrected chi connectivity index (χ2v) is 7.68. The van der Waals surface area contributed by atoms with Crippen molar-refractivity contribution in [2.24, 2.45) is 11.3 Å². The van der Waals surface area contributed by atoms with E-state index in [9.17, 15) is 4.79 Å². The SMILES string of the molecule is COc1cc(C(C)NC(=O)C2CC23CCNCC3)ccc1OC(C)C. The quantitative estimate of drug-likeness (QED) is 0.831. The first-order valence-corrected chi connectivity index (χ1v) is 9.31. The van der Waals surface area contributed by atoms with Gasteiger partial charge in [-0.3, -0.25) is 4.79 Å². The molecule has 138 valence electrons. The van der Waals surface area contributed by atoms with Gasteiger partial charge >= 0.3 is 0 Å². The fourth-order valence-electron chi connectivity index (χ4n) is 3.90. The minimum Gasteiger partial charge on any atom is -0.493 e. The fourth-order valence-corrected chi connectivity index (χ4v) is 3.90. The number of methoxy groups -OCH3 is 1. The van der Waals surface area contributed by atoms with Crippen LogP contribution in [0, 0.1) is 11.3 Å². The lowest BCUT2D eigenvalue weighted by molar-refractivity contribution is -0.123. The summed E-state index contributed by atoms with van der Waals surface area (Å²) in [6.45, 7) is 8.07. The molecule has 2 N–H and O–H groups in total. The minimum absolute atomic E-state index is 0.0473. The highest BCUT2D eigenvalue weighted by atomic mass is 16.5. The van der Waals surface area contributed by atoms with Crippen molar-refractivity contribution in [3.8, 4) is 11.5 Å². The normalized spacial score (nSPS) is 22.5. The molecule has 3 rings (SSSR count). The van der Waals surface area contributed by atoms with Gasteiger partial charge in [-0.15, -0.1) is 0 Å². The first-order chi connectivity index (χ1) is 11.9. The van der Waals surface area contributed by atoms with Crippen molar-refractivity contribution < 1.29 is 14.3 Å². The number of piperidine rings is 1. The topological polar surface area (TPSA) is 59.6 Å². The summed E-state index contributed by atoms with van der Waals surface area (Å²) in [6.07, 6.45) is 3.37. The Morgan fingerprint density at radius 2 is 1.96 bits per heavy atom. The van der Waals surface area contributed by atoms with Gasteiger partial charge in [0.15, 0.2) is 11.5 Å². The maximum absolute atomic E-state index is 12.6. The van der Waals surface area contributed by atoms with Gasteiger partial charge in [-0.05, 0) is 76.2 Å². The van der Waals surface area contributed by atoms with Crippen molar-refractivity contribution >= 4 is 5.91 Å². The molecule has 2 atom stereocenters. The number of ether oxygens (including phenoxy) is 2. The smallest absolute Gasteiger partial charge is 0.224 e. The molecule has 5 heteroatoms. The molecule has 1 aromatic carbocycles. The number of hydrogen-bond donors (Lipinski definition) is 2. The number of hydrogen-bond acceptors (Lipinski definition) is 4. The third kappa shape index (κ3) is 3.92. The van der Waals surface area contributed by atoms with Crippen molar-refractivity contribution in [3.05, 3.63) is 23.8 Å². The van der Waals surface area contributed by atoms with Crippen LogP contribution in [-0.4, -0.2) is 32.2 Å². The summed E-state index contributed by atoms with van der Waals surface area (Å²) in [4.78, 5) is 12.6. The van der Waals surface area contributed by atoms with Crippen molar-refractivity contribution in [2.75, 3.05) is 20.2 Å². The Bertz CT molecular complexity index is 623. The lowest BCUT2D eigenvalue weighted by Crippen LogP contribution is -2.34. The van der Waals surface area contributed by atoms with Gasteiger partial charge in [0, 0.05) is 5.92 Å². The Morgan fingerprint density at radius 3 is 2.60 bits per heavy atom. The van der Waals surface area contributed by atoms with Crippen LogP contribution in [0.15, 0.2) is 18.2 Å². The summed E-state index contributed by atoms with van der Waals surface area (Å²) in [7, 11) is 1.64. The third-order valence-corrected chi connectivity index (χ3v) is 5.51. The molecule has 2 unspecified atom stereocenters. The molecule has 2 aliphatic rings. The van der Waals surface area contributed by atoms with Crippen LogP contribution in [0.5, 0.6) is 11.5 Å². The van der Waals surface area contributed by atoms with Gasteiger partial charge in [0.05, 0.1) is 19.3 Å². The van der Waals surface area contributed by atoms with Crippen LogP contribution >= 0.6 is 0 Å². The molecule has 0 aromatic heterocycles. The highest BCUT2D eigenvalue weighted by Gasteiger charge is 2.57. The Labute approximate surface area is 150 Å². The van der Waals surface area contributed by atoms with Gasteiger partial charge in [-0.25, -0.2) is 0 Å². The third-order valence-electron chi connectivity index (χ3n) is 5.51. The molecular weight excluding hydrogens is 316 g/mol. The van der Waals surface area contributed by atoms with Crippen molar-refractivity contribution in [1.29, 1.82) is 0 Å². The standard InChI is InChI=1S/C20H30N2O3/c1-13(2)25-17-6-5-15(11-18(17)24-4)14(3)22-19(23)16-12-20(16)7-9-21-10-8-20/h5-6,11,13-14,16,21H,7-10,12H2,1-4H3,(H,22,23). The molecule has 1 aliphatic carbocycles. The molecule has 0 radical (unpaired) electrons. The van der Waals surface area contributed by atoms with Crippen LogP contribution in [0.1, 0.15) is 51.6 Å². The number of carbonyl (C=O) groups is 1. The van der Waals surface area contributed by atoms with E-state index in [1.54, 1.807) is 7.11 Å². The van der Waals surface area contributed by atoms with E-state index >= 15 is 0 Å². The lowest BCUT2D eigenvalue weighted by atomic mass is 9.91. The van der Waals surface area contributed by atoms with Crippen molar-refractivity contribution in [2.45, 2.75) is 52.2 Å². The highest BCUT2D eigenvalue weighted by Crippen LogP contribution is 2.58. The zero-order valence-corrected chi connectivity index (χ0v) is 15.7. The summed E-state index contributed by atoms with van der Waals surface area (Å²) in [5, 5.41) is 6.57. The number of benzene rings is 1. The van der Waals surface area contributed by atoms with Crippen molar-refractivity contribution in [3.63, 3.8) is 0 Å². The summed E-state index contributed by atoms with van der Waals surface area (Å²) >= 11 is 0. The number of carbonyl (C=O) groups excluding carboxylic acids is 1. The van der Waals surface area contributed by atoms with Gasteiger partial charge in [0.1, 0.15) is 0 Å². The molecule has 0 bridgehead atoms. The maximum atomic E-state index is 12.6. The summed E-state index contributed by atoms with van der Waals surface area (Å²) < 4.78 is 11.2. The molecular formula is C20H30N2O3. The van der Waals surface area contributed by atoms with Gasteiger partial charge < -0.3 is 20.1 Å². The van der Waals surface area contributed by atoms with Crippen LogP contribution in [0.3, 0.4) is 0 Å². The zero-order chi connectivity index (χ0) is 18.0. The predicted molar refractivity (Wildman–Crippen MR) is 98.0 cm³/mol. The molecule has 2 fully saturated rings. The number of nitrogens with one attached hydrogen (secondary N) is 2. The van der Waals surface area contributed by atoms with E-state index in [1.165, 1.54) is 0 Å². The second kappa shape index (κ2) is 7.24.